The Bertz CT molecular complexity index is 891. The van der Waals surface area contributed by atoms with Crippen molar-refractivity contribution in [1.82, 2.24) is 10.3 Å². The van der Waals surface area contributed by atoms with E-state index in [0.29, 0.717) is 23.7 Å². The van der Waals surface area contributed by atoms with Crippen LogP contribution in [0.4, 0.5) is 10.5 Å². The first-order valence-electron chi connectivity index (χ1n) is 7.87. The van der Waals surface area contributed by atoms with Crippen molar-refractivity contribution in [1.29, 1.82) is 0 Å². The minimum atomic E-state index is -0.289. The van der Waals surface area contributed by atoms with Crippen LogP contribution < -0.4 is 20.1 Å². The van der Waals surface area contributed by atoms with Crippen LogP contribution in [0.15, 0.2) is 35.7 Å². The maximum absolute atomic E-state index is 12.2. The van der Waals surface area contributed by atoms with Crippen LogP contribution in [0.2, 0.25) is 0 Å². The molecule has 0 unspecified atom stereocenters. The van der Waals surface area contributed by atoms with Gasteiger partial charge < -0.3 is 20.1 Å². The Morgan fingerprint density at radius 2 is 2.00 bits per heavy atom. The molecule has 0 saturated heterocycles. The topological polar surface area (TPSA) is 72.5 Å². The molecule has 3 aromatic rings. The number of rotatable bonds is 6. The van der Waals surface area contributed by atoms with E-state index >= 15 is 0 Å². The number of urea groups is 1. The molecular weight excluding hydrogens is 370 g/mol. The SMILES string of the molecule is COc1ccc(NC(=O)NCc2sc(-c3cccs3)nc2C)cc1OC. The smallest absolute Gasteiger partial charge is 0.319 e. The Hall–Kier alpha value is -2.58. The van der Waals surface area contributed by atoms with E-state index in [2.05, 4.69) is 15.6 Å². The molecule has 0 saturated carbocycles. The standard InChI is InChI=1S/C18H19N3O3S2/c1-11-16(26-17(20-11)15-5-4-8-25-15)10-19-18(22)21-12-6-7-13(23-2)14(9-12)24-3/h4-9H,10H2,1-3H3,(H2,19,21,22). The molecule has 0 fully saturated rings. The number of nitrogens with one attached hydrogen (secondary N) is 2. The average Bonchev–Trinajstić information content (AvgIpc) is 3.29. The minimum Gasteiger partial charge on any atom is -0.493 e. The molecule has 0 aliphatic heterocycles. The summed E-state index contributed by atoms with van der Waals surface area (Å²) in [5, 5.41) is 8.67. The second kappa shape index (κ2) is 8.20. The molecule has 3 rings (SSSR count). The van der Waals surface area contributed by atoms with E-state index in [1.54, 1.807) is 55.1 Å². The number of nitrogens with zero attached hydrogens (tertiary/aromatic N) is 1. The van der Waals surface area contributed by atoms with Gasteiger partial charge in [-0.2, -0.15) is 0 Å². The van der Waals surface area contributed by atoms with Crippen molar-refractivity contribution in [2.24, 2.45) is 0 Å². The Balaban J connectivity index is 1.61. The zero-order valence-corrected chi connectivity index (χ0v) is 16.3. The van der Waals surface area contributed by atoms with Gasteiger partial charge in [-0.25, -0.2) is 9.78 Å². The summed E-state index contributed by atoms with van der Waals surface area (Å²) >= 11 is 3.25. The molecule has 26 heavy (non-hydrogen) atoms. The molecule has 6 nitrogen and oxygen atoms in total. The van der Waals surface area contributed by atoms with Crippen LogP contribution in [0.1, 0.15) is 10.6 Å². The first-order chi connectivity index (χ1) is 12.6. The molecule has 0 atom stereocenters. The number of carbonyl (C=O) groups excluding carboxylic acids is 1. The van der Waals surface area contributed by atoms with Gasteiger partial charge in [-0.3, -0.25) is 0 Å². The third-order valence-electron chi connectivity index (χ3n) is 3.68. The predicted octanol–water partition coefficient (Wildman–Crippen LogP) is 4.52. The Kier molecular flexibility index (Phi) is 5.75. The maximum atomic E-state index is 12.2. The van der Waals surface area contributed by atoms with Gasteiger partial charge in [0.1, 0.15) is 5.01 Å². The molecule has 0 aliphatic carbocycles. The van der Waals surface area contributed by atoms with Gasteiger partial charge in [0, 0.05) is 16.6 Å². The van der Waals surface area contributed by atoms with Gasteiger partial charge in [0.15, 0.2) is 11.5 Å². The van der Waals surface area contributed by atoms with E-state index in [0.717, 1.165) is 20.5 Å². The van der Waals surface area contributed by atoms with Gasteiger partial charge in [0.2, 0.25) is 0 Å². The molecule has 2 heterocycles. The average molecular weight is 390 g/mol. The lowest BCUT2D eigenvalue weighted by Gasteiger charge is -2.11. The van der Waals surface area contributed by atoms with Gasteiger partial charge in [-0.15, -0.1) is 22.7 Å². The van der Waals surface area contributed by atoms with E-state index in [-0.39, 0.29) is 6.03 Å². The fourth-order valence-electron chi connectivity index (χ4n) is 2.35. The zero-order chi connectivity index (χ0) is 18.5. The lowest BCUT2D eigenvalue weighted by Crippen LogP contribution is -2.28. The number of hydrogen-bond donors (Lipinski definition) is 2. The number of aromatic nitrogens is 1. The molecule has 136 valence electrons. The van der Waals surface area contributed by atoms with Crippen molar-refractivity contribution in [3.05, 3.63) is 46.3 Å². The first-order valence-corrected chi connectivity index (χ1v) is 9.57. The van der Waals surface area contributed by atoms with Gasteiger partial charge in [0.05, 0.1) is 31.3 Å². The first kappa shape index (κ1) is 18.2. The zero-order valence-electron chi connectivity index (χ0n) is 14.7. The summed E-state index contributed by atoms with van der Waals surface area (Å²) in [7, 11) is 3.12. The van der Waals surface area contributed by atoms with Crippen LogP contribution in [0, 0.1) is 6.92 Å². The molecular formula is C18H19N3O3S2. The monoisotopic (exact) mass is 389 g/mol. The van der Waals surface area contributed by atoms with Crippen LogP contribution in [0.3, 0.4) is 0 Å². The summed E-state index contributed by atoms with van der Waals surface area (Å²) in [6.45, 7) is 2.38. The third kappa shape index (κ3) is 4.14. The molecule has 2 N–H and O–H groups in total. The number of benzene rings is 1. The number of hydrogen-bond acceptors (Lipinski definition) is 6. The summed E-state index contributed by atoms with van der Waals surface area (Å²) in [6, 6.07) is 8.98. The number of thiazole rings is 1. The van der Waals surface area contributed by atoms with Crippen LogP contribution in [0.5, 0.6) is 11.5 Å². The van der Waals surface area contributed by atoms with Gasteiger partial charge >= 0.3 is 6.03 Å². The number of ether oxygens (including phenoxy) is 2. The highest BCUT2D eigenvalue weighted by atomic mass is 32.1. The lowest BCUT2D eigenvalue weighted by atomic mass is 10.3. The second-order valence-corrected chi connectivity index (χ2v) is 7.41. The van der Waals surface area contributed by atoms with Crippen molar-refractivity contribution >= 4 is 34.4 Å². The fraction of sp³-hybridized carbons (Fsp3) is 0.222. The summed E-state index contributed by atoms with van der Waals surface area (Å²) in [6.07, 6.45) is 0. The van der Waals surface area contributed by atoms with Gasteiger partial charge in [-0.05, 0) is 30.5 Å². The Morgan fingerprint density at radius 1 is 1.19 bits per heavy atom. The van der Waals surface area contributed by atoms with Gasteiger partial charge in [0.25, 0.3) is 0 Å². The molecule has 8 heteroatoms. The van der Waals surface area contributed by atoms with E-state index in [4.69, 9.17) is 9.47 Å². The van der Waals surface area contributed by atoms with Crippen molar-refractivity contribution < 1.29 is 14.3 Å². The highest BCUT2D eigenvalue weighted by molar-refractivity contribution is 7.21. The van der Waals surface area contributed by atoms with Crippen molar-refractivity contribution in [2.75, 3.05) is 19.5 Å². The lowest BCUT2D eigenvalue weighted by molar-refractivity contribution is 0.252. The Labute approximate surface area is 159 Å². The quantitative estimate of drug-likeness (QED) is 0.650. The molecule has 2 aromatic heterocycles. The molecule has 0 aliphatic rings. The predicted molar refractivity (Wildman–Crippen MR) is 106 cm³/mol. The van der Waals surface area contributed by atoms with Gasteiger partial charge in [-0.1, -0.05) is 6.07 Å². The fourth-order valence-corrected chi connectivity index (χ4v) is 4.15. The van der Waals surface area contributed by atoms with E-state index in [9.17, 15) is 4.79 Å². The van der Waals surface area contributed by atoms with Crippen LogP contribution in [0.25, 0.3) is 9.88 Å². The largest absolute Gasteiger partial charge is 0.493 e. The Morgan fingerprint density at radius 3 is 2.69 bits per heavy atom. The minimum absolute atomic E-state index is 0.289. The molecule has 0 bridgehead atoms. The summed E-state index contributed by atoms with van der Waals surface area (Å²) < 4.78 is 10.4. The van der Waals surface area contributed by atoms with E-state index < -0.39 is 0 Å². The maximum Gasteiger partial charge on any atom is 0.319 e. The molecule has 0 radical (unpaired) electrons. The van der Waals surface area contributed by atoms with Crippen molar-refractivity contribution in [3.8, 4) is 21.4 Å². The second-order valence-electron chi connectivity index (χ2n) is 5.38. The summed E-state index contributed by atoms with van der Waals surface area (Å²) in [5.74, 6) is 1.17. The molecule has 1 aromatic carbocycles. The highest BCUT2D eigenvalue weighted by Gasteiger charge is 2.12. The highest BCUT2D eigenvalue weighted by Crippen LogP contribution is 2.31. The number of thiophene rings is 1. The normalized spacial score (nSPS) is 10.4. The number of anilines is 1. The molecule has 0 spiro atoms. The van der Waals surface area contributed by atoms with Crippen molar-refractivity contribution in [3.63, 3.8) is 0 Å². The van der Waals surface area contributed by atoms with Crippen LogP contribution in [-0.4, -0.2) is 25.2 Å². The van der Waals surface area contributed by atoms with Crippen LogP contribution >= 0.6 is 22.7 Å². The number of carbonyl (C=O) groups is 1. The number of aryl methyl sites for hydroxylation is 1. The number of methoxy groups -OCH3 is 2. The summed E-state index contributed by atoms with van der Waals surface area (Å²) in [4.78, 5) is 18.9. The van der Waals surface area contributed by atoms with E-state index in [1.807, 2.05) is 24.4 Å². The molecule has 2 amide bonds. The third-order valence-corrected chi connectivity index (χ3v) is 5.87. The summed E-state index contributed by atoms with van der Waals surface area (Å²) in [5.41, 5.74) is 1.56. The number of amides is 2. The van der Waals surface area contributed by atoms with Crippen molar-refractivity contribution in [2.45, 2.75) is 13.5 Å². The van der Waals surface area contributed by atoms with Crippen LogP contribution in [-0.2, 0) is 6.54 Å². The van der Waals surface area contributed by atoms with E-state index in [1.165, 1.54) is 0 Å².